The first kappa shape index (κ1) is 21.1. The maximum atomic E-state index is 13.6. The number of anilines is 1. The Labute approximate surface area is 171 Å². The number of aromatic nitrogens is 1. The van der Waals surface area contributed by atoms with Gasteiger partial charge in [0.15, 0.2) is 16.8 Å². The number of thiazole rings is 1. The highest BCUT2D eigenvalue weighted by Crippen LogP contribution is 2.17. The molecule has 1 unspecified atom stereocenters. The van der Waals surface area contributed by atoms with E-state index < -0.39 is 23.6 Å². The van der Waals surface area contributed by atoms with Crippen molar-refractivity contribution in [1.82, 2.24) is 20.5 Å². The second-order valence-electron chi connectivity index (χ2n) is 7.04. The lowest BCUT2D eigenvalue weighted by Gasteiger charge is -2.23. The number of carbonyl (C=O) groups excluding carboxylic acids is 2. The summed E-state index contributed by atoms with van der Waals surface area (Å²) in [5.74, 6) is -2.64. The lowest BCUT2D eigenvalue weighted by Crippen LogP contribution is -2.52. The number of halogens is 2. The van der Waals surface area contributed by atoms with Crippen molar-refractivity contribution in [3.8, 4) is 0 Å². The predicted octanol–water partition coefficient (Wildman–Crippen LogP) is 1.44. The van der Waals surface area contributed by atoms with Gasteiger partial charge in [-0.05, 0) is 44.1 Å². The van der Waals surface area contributed by atoms with E-state index >= 15 is 0 Å². The van der Waals surface area contributed by atoms with Gasteiger partial charge < -0.3 is 16.4 Å². The zero-order valence-corrected chi connectivity index (χ0v) is 16.8. The Balaban J connectivity index is 1.71. The quantitative estimate of drug-likeness (QED) is 0.626. The van der Waals surface area contributed by atoms with Crippen LogP contribution in [-0.4, -0.2) is 47.4 Å². The van der Waals surface area contributed by atoms with E-state index in [2.05, 4.69) is 15.6 Å². The van der Waals surface area contributed by atoms with Gasteiger partial charge in [-0.2, -0.15) is 0 Å². The highest BCUT2D eigenvalue weighted by molar-refractivity contribution is 7.15. The maximum absolute atomic E-state index is 13.6. The van der Waals surface area contributed by atoms with Gasteiger partial charge in [0.1, 0.15) is 6.04 Å². The second kappa shape index (κ2) is 9.27. The lowest BCUT2D eigenvalue weighted by atomic mass is 10.0. The van der Waals surface area contributed by atoms with Gasteiger partial charge in [0.2, 0.25) is 11.8 Å². The standard InChI is InChI=1S/C19H23F2N5O2S/c1-26-6-2-3-16(26)18(28)25-15(8-11-4-5-13(20)14(21)7-11)17(27)23-9-12-10-24-19(22)29-12/h4-5,7,10,15-16H,2-3,6,8-9H2,1H3,(H2,22,24)(H,23,27)(H,25,28)/t15-,16?/m0/s1. The van der Waals surface area contributed by atoms with Crippen LogP contribution in [0.5, 0.6) is 0 Å². The number of likely N-dealkylation sites (N-methyl/N-ethyl adjacent to an activating group) is 1. The van der Waals surface area contributed by atoms with Crippen LogP contribution in [0.15, 0.2) is 24.4 Å². The Bertz CT molecular complexity index is 891. The molecule has 0 spiro atoms. The minimum atomic E-state index is -0.997. The van der Waals surface area contributed by atoms with Crippen LogP contribution < -0.4 is 16.4 Å². The number of hydrogen-bond acceptors (Lipinski definition) is 6. The number of nitrogen functional groups attached to an aromatic ring is 1. The summed E-state index contributed by atoms with van der Waals surface area (Å²) >= 11 is 1.25. The number of amides is 2. The number of carbonyl (C=O) groups is 2. The van der Waals surface area contributed by atoms with Crippen molar-refractivity contribution in [3.63, 3.8) is 0 Å². The van der Waals surface area contributed by atoms with E-state index in [0.29, 0.717) is 17.1 Å². The molecule has 29 heavy (non-hydrogen) atoms. The molecule has 2 heterocycles. The van der Waals surface area contributed by atoms with Crippen molar-refractivity contribution in [1.29, 1.82) is 0 Å². The number of likely N-dealkylation sites (tertiary alicyclic amines) is 1. The van der Waals surface area contributed by atoms with E-state index in [9.17, 15) is 18.4 Å². The second-order valence-corrected chi connectivity index (χ2v) is 8.18. The molecule has 1 aliphatic rings. The first-order chi connectivity index (χ1) is 13.8. The number of rotatable bonds is 7. The van der Waals surface area contributed by atoms with Gasteiger partial charge in [0, 0.05) is 17.5 Å². The molecule has 1 aliphatic heterocycles. The van der Waals surface area contributed by atoms with Crippen molar-refractivity contribution in [3.05, 3.63) is 46.5 Å². The van der Waals surface area contributed by atoms with Crippen molar-refractivity contribution in [2.75, 3.05) is 19.3 Å². The summed E-state index contributed by atoms with van der Waals surface area (Å²) in [6, 6.07) is 2.21. The van der Waals surface area contributed by atoms with Crippen LogP contribution in [-0.2, 0) is 22.6 Å². The molecular formula is C19H23F2N5O2S. The van der Waals surface area contributed by atoms with E-state index in [-0.39, 0.29) is 24.9 Å². The van der Waals surface area contributed by atoms with E-state index in [1.54, 1.807) is 6.20 Å². The summed E-state index contributed by atoms with van der Waals surface area (Å²) in [6.07, 6.45) is 3.22. The molecule has 4 N–H and O–H groups in total. The van der Waals surface area contributed by atoms with Gasteiger partial charge in [-0.1, -0.05) is 6.07 Å². The highest BCUT2D eigenvalue weighted by Gasteiger charge is 2.31. The molecule has 2 aromatic rings. The molecular weight excluding hydrogens is 400 g/mol. The Hall–Kier alpha value is -2.59. The van der Waals surface area contributed by atoms with Gasteiger partial charge >= 0.3 is 0 Å². The summed E-state index contributed by atoms with van der Waals surface area (Å²) in [5, 5.41) is 5.91. The molecule has 0 radical (unpaired) electrons. The molecule has 156 valence electrons. The lowest BCUT2D eigenvalue weighted by molar-refractivity contribution is -0.131. The van der Waals surface area contributed by atoms with Crippen molar-refractivity contribution in [2.45, 2.75) is 37.9 Å². The first-order valence-corrected chi connectivity index (χ1v) is 10.1. The van der Waals surface area contributed by atoms with Crippen LogP contribution in [0.4, 0.5) is 13.9 Å². The smallest absolute Gasteiger partial charge is 0.243 e. The fraction of sp³-hybridized carbons (Fsp3) is 0.421. The van der Waals surface area contributed by atoms with E-state index in [1.807, 2.05) is 11.9 Å². The molecule has 2 amide bonds. The third-order valence-corrected chi connectivity index (χ3v) is 5.71. The Morgan fingerprint density at radius 1 is 1.38 bits per heavy atom. The largest absolute Gasteiger partial charge is 0.375 e. The first-order valence-electron chi connectivity index (χ1n) is 9.26. The normalized spacial score (nSPS) is 17.8. The monoisotopic (exact) mass is 423 g/mol. The van der Waals surface area contributed by atoms with E-state index in [4.69, 9.17) is 5.73 Å². The van der Waals surface area contributed by atoms with Gasteiger partial charge in [-0.25, -0.2) is 13.8 Å². The molecule has 3 rings (SSSR count). The van der Waals surface area contributed by atoms with Crippen LogP contribution in [0.25, 0.3) is 0 Å². The van der Waals surface area contributed by atoms with Gasteiger partial charge in [0.05, 0.1) is 12.6 Å². The highest BCUT2D eigenvalue weighted by atomic mass is 32.1. The summed E-state index contributed by atoms with van der Waals surface area (Å²) in [4.78, 5) is 32.1. The van der Waals surface area contributed by atoms with E-state index in [1.165, 1.54) is 17.4 Å². The third kappa shape index (κ3) is 5.48. The van der Waals surface area contributed by atoms with Crippen LogP contribution in [0.1, 0.15) is 23.3 Å². The van der Waals surface area contributed by atoms with Gasteiger partial charge in [0.25, 0.3) is 0 Å². The minimum Gasteiger partial charge on any atom is -0.375 e. The fourth-order valence-electron chi connectivity index (χ4n) is 3.32. The number of nitrogens with one attached hydrogen (secondary N) is 2. The molecule has 0 bridgehead atoms. The molecule has 1 aromatic carbocycles. The Morgan fingerprint density at radius 3 is 2.79 bits per heavy atom. The van der Waals surface area contributed by atoms with Crippen LogP contribution in [0, 0.1) is 11.6 Å². The molecule has 0 saturated carbocycles. The van der Waals surface area contributed by atoms with Crippen molar-refractivity contribution in [2.24, 2.45) is 0 Å². The summed E-state index contributed by atoms with van der Waals surface area (Å²) in [7, 11) is 1.86. The zero-order valence-electron chi connectivity index (χ0n) is 16.0. The van der Waals surface area contributed by atoms with Crippen LogP contribution in [0.3, 0.4) is 0 Å². The summed E-state index contributed by atoms with van der Waals surface area (Å²) in [5.41, 5.74) is 6.00. The number of nitrogens with zero attached hydrogens (tertiary/aromatic N) is 2. The van der Waals surface area contributed by atoms with Crippen molar-refractivity contribution < 1.29 is 18.4 Å². The number of benzene rings is 1. The maximum Gasteiger partial charge on any atom is 0.243 e. The molecule has 1 saturated heterocycles. The number of hydrogen-bond donors (Lipinski definition) is 3. The number of nitrogens with two attached hydrogens (primary N) is 1. The third-order valence-electron chi connectivity index (χ3n) is 4.89. The van der Waals surface area contributed by atoms with Gasteiger partial charge in [-0.15, -0.1) is 11.3 Å². The molecule has 1 fully saturated rings. The van der Waals surface area contributed by atoms with Crippen LogP contribution >= 0.6 is 11.3 Å². The molecule has 2 atom stereocenters. The average molecular weight is 423 g/mol. The molecule has 0 aliphatic carbocycles. The summed E-state index contributed by atoms with van der Waals surface area (Å²) in [6.45, 7) is 1.02. The Kier molecular flexibility index (Phi) is 6.75. The molecule has 7 nitrogen and oxygen atoms in total. The SMILES string of the molecule is CN1CCCC1C(=O)N[C@@H](Cc1ccc(F)c(F)c1)C(=O)NCc1cnc(N)s1. The fourth-order valence-corrected chi connectivity index (χ4v) is 3.95. The molecule has 1 aromatic heterocycles. The predicted molar refractivity (Wildman–Crippen MR) is 106 cm³/mol. The minimum absolute atomic E-state index is 0.0377. The zero-order chi connectivity index (χ0) is 21.0. The van der Waals surface area contributed by atoms with Crippen molar-refractivity contribution >= 4 is 28.3 Å². The average Bonchev–Trinajstić information content (AvgIpc) is 3.30. The topological polar surface area (TPSA) is 100 Å². The van der Waals surface area contributed by atoms with Crippen LogP contribution in [0.2, 0.25) is 0 Å². The molecule has 10 heteroatoms. The van der Waals surface area contributed by atoms with Gasteiger partial charge in [-0.3, -0.25) is 14.5 Å². The summed E-state index contributed by atoms with van der Waals surface area (Å²) < 4.78 is 26.8. The van der Waals surface area contributed by atoms with E-state index in [0.717, 1.165) is 30.0 Å². The Morgan fingerprint density at radius 2 is 2.17 bits per heavy atom.